The molecule has 0 radical (unpaired) electrons. The number of aromatic nitrogens is 2. The Morgan fingerprint density at radius 2 is 1.93 bits per heavy atom. The molecule has 0 saturated heterocycles. The Morgan fingerprint density at radius 3 is 2.68 bits per heavy atom. The van der Waals surface area contributed by atoms with Crippen LogP contribution in [-0.4, -0.2) is 34.0 Å². The van der Waals surface area contributed by atoms with Gasteiger partial charge in [-0.15, -0.1) is 0 Å². The van der Waals surface area contributed by atoms with Crippen LogP contribution in [0.1, 0.15) is 34.1 Å². The molecule has 28 heavy (non-hydrogen) atoms. The molecule has 1 atom stereocenters. The molecule has 3 aromatic rings. The number of guanidine groups is 1. The standard InChI is InChI=1S/C21H18N6O/c1-21(18-17(12-24-26-18)19(28)27(2)20(23)25-21)16-8-4-7-15(10-16)14-6-3-5-13(9-14)11-22/h3-10,12H,1-2H3,(H2,23,25)(H,24,26)/p+1. The van der Waals surface area contributed by atoms with Gasteiger partial charge in [0.2, 0.25) is 0 Å². The van der Waals surface area contributed by atoms with E-state index in [0.29, 0.717) is 16.8 Å². The van der Waals surface area contributed by atoms with Crippen LogP contribution in [-0.2, 0) is 5.54 Å². The number of amides is 1. The zero-order chi connectivity index (χ0) is 19.9. The molecule has 7 heteroatoms. The molecule has 2 heterocycles. The number of nitrogens with one attached hydrogen (secondary N) is 2. The first-order valence-electron chi connectivity index (χ1n) is 8.77. The summed E-state index contributed by atoms with van der Waals surface area (Å²) in [6.45, 7) is 1.95. The highest BCUT2D eigenvalue weighted by molar-refractivity contribution is 6.05. The minimum absolute atomic E-state index is 0.227. The minimum atomic E-state index is -0.792. The highest BCUT2D eigenvalue weighted by atomic mass is 16.2. The maximum Gasteiger partial charge on any atom is 0.351 e. The molecule has 0 fully saturated rings. The molecule has 4 N–H and O–H groups in total. The lowest BCUT2D eigenvalue weighted by molar-refractivity contribution is -0.550. The molecule has 0 bridgehead atoms. The Balaban J connectivity index is 1.90. The molecular weight excluding hydrogens is 352 g/mol. The monoisotopic (exact) mass is 371 g/mol. The van der Waals surface area contributed by atoms with Gasteiger partial charge in [0.15, 0.2) is 5.54 Å². The van der Waals surface area contributed by atoms with Gasteiger partial charge in [0.1, 0.15) is 5.56 Å². The number of rotatable bonds is 2. The fourth-order valence-corrected chi connectivity index (χ4v) is 3.52. The smallest absolute Gasteiger partial charge is 0.290 e. The average molecular weight is 371 g/mol. The van der Waals surface area contributed by atoms with Crippen LogP contribution in [0.15, 0.2) is 54.7 Å². The van der Waals surface area contributed by atoms with E-state index in [1.54, 1.807) is 13.1 Å². The second kappa shape index (κ2) is 6.35. The Morgan fingerprint density at radius 1 is 1.21 bits per heavy atom. The van der Waals surface area contributed by atoms with E-state index in [-0.39, 0.29) is 11.9 Å². The number of carbonyl (C=O) groups excluding carboxylic acids is 1. The van der Waals surface area contributed by atoms with Crippen molar-refractivity contribution in [2.24, 2.45) is 5.73 Å². The molecule has 1 unspecified atom stereocenters. The summed E-state index contributed by atoms with van der Waals surface area (Å²) in [6, 6.07) is 17.5. The first kappa shape index (κ1) is 17.5. The number of nitriles is 1. The molecule has 0 spiro atoms. The lowest BCUT2D eigenvalue weighted by atomic mass is 9.85. The van der Waals surface area contributed by atoms with Gasteiger partial charge in [-0.05, 0) is 41.8 Å². The van der Waals surface area contributed by atoms with E-state index >= 15 is 0 Å². The van der Waals surface area contributed by atoms with Crippen molar-refractivity contribution in [3.05, 3.63) is 77.1 Å². The number of nitrogens with zero attached hydrogens (tertiary/aromatic N) is 3. The topological polar surface area (TPSA) is 113 Å². The molecule has 4 rings (SSSR count). The van der Waals surface area contributed by atoms with Gasteiger partial charge >= 0.3 is 11.9 Å². The van der Waals surface area contributed by atoms with E-state index in [2.05, 4.69) is 21.3 Å². The Labute approximate surface area is 162 Å². The van der Waals surface area contributed by atoms with Crippen LogP contribution in [0.4, 0.5) is 0 Å². The quantitative estimate of drug-likeness (QED) is 0.615. The van der Waals surface area contributed by atoms with Gasteiger partial charge in [-0.2, -0.15) is 15.3 Å². The van der Waals surface area contributed by atoms with E-state index in [4.69, 9.17) is 5.73 Å². The normalized spacial score (nSPS) is 18.8. The number of fused-ring (bicyclic) bond motifs is 1. The van der Waals surface area contributed by atoms with Gasteiger partial charge in [-0.1, -0.05) is 30.3 Å². The number of aromatic amines is 1. The van der Waals surface area contributed by atoms with Crippen LogP contribution in [0.5, 0.6) is 0 Å². The Hall–Kier alpha value is -3.92. The number of H-pyrrole nitrogens is 1. The number of nitrogens with two attached hydrogens (primary N) is 1. The van der Waals surface area contributed by atoms with Crippen molar-refractivity contribution in [3.8, 4) is 17.2 Å². The Bertz CT molecular complexity index is 1160. The van der Waals surface area contributed by atoms with E-state index < -0.39 is 5.54 Å². The predicted molar refractivity (Wildman–Crippen MR) is 104 cm³/mol. The predicted octanol–water partition coefficient (Wildman–Crippen LogP) is 0.693. The largest absolute Gasteiger partial charge is 0.351 e. The zero-order valence-corrected chi connectivity index (χ0v) is 15.5. The summed E-state index contributed by atoms with van der Waals surface area (Å²) in [6.07, 6.45) is 1.52. The molecular formula is C21H19N6O+. The molecule has 0 saturated carbocycles. The van der Waals surface area contributed by atoms with Gasteiger partial charge in [-0.25, -0.2) is 0 Å². The summed E-state index contributed by atoms with van der Waals surface area (Å²) in [5, 5.41) is 16.2. The first-order chi connectivity index (χ1) is 13.4. The SMILES string of the molecule is CN1C(=O)c2cn[nH]c2C(C)(c2cccc(-c3cccc(C#N)c3)c2)[NH+]=C1N. The molecule has 1 aromatic heterocycles. The van der Waals surface area contributed by atoms with Crippen LogP contribution in [0.3, 0.4) is 0 Å². The lowest BCUT2D eigenvalue weighted by Crippen LogP contribution is -2.88. The second-order valence-corrected chi connectivity index (χ2v) is 6.93. The average Bonchev–Trinajstić information content (AvgIpc) is 3.21. The van der Waals surface area contributed by atoms with Crippen molar-refractivity contribution in [3.63, 3.8) is 0 Å². The van der Waals surface area contributed by atoms with Crippen molar-refractivity contribution in [1.29, 1.82) is 5.26 Å². The highest BCUT2D eigenvalue weighted by Gasteiger charge is 2.42. The van der Waals surface area contributed by atoms with Crippen molar-refractivity contribution in [2.45, 2.75) is 12.5 Å². The fourth-order valence-electron chi connectivity index (χ4n) is 3.52. The fraction of sp³-hybridized carbons (Fsp3) is 0.143. The third-order valence-corrected chi connectivity index (χ3v) is 5.18. The van der Waals surface area contributed by atoms with Gasteiger partial charge in [0.05, 0.1) is 30.6 Å². The van der Waals surface area contributed by atoms with Gasteiger partial charge in [0.25, 0.3) is 0 Å². The molecule has 0 aliphatic carbocycles. The second-order valence-electron chi connectivity index (χ2n) is 6.93. The van der Waals surface area contributed by atoms with Crippen molar-refractivity contribution in [1.82, 2.24) is 15.1 Å². The molecule has 7 nitrogen and oxygen atoms in total. The molecule has 1 aliphatic heterocycles. The van der Waals surface area contributed by atoms with Crippen LogP contribution in [0.2, 0.25) is 0 Å². The third kappa shape index (κ3) is 2.63. The van der Waals surface area contributed by atoms with Crippen molar-refractivity contribution < 1.29 is 9.79 Å². The molecule has 1 amide bonds. The van der Waals surface area contributed by atoms with E-state index in [1.807, 2.05) is 49.4 Å². The zero-order valence-electron chi connectivity index (χ0n) is 15.5. The maximum absolute atomic E-state index is 12.7. The summed E-state index contributed by atoms with van der Waals surface area (Å²) in [4.78, 5) is 17.3. The number of benzene rings is 2. The summed E-state index contributed by atoms with van der Waals surface area (Å²) in [5.41, 5.74) is 9.87. The molecule has 2 aromatic carbocycles. The van der Waals surface area contributed by atoms with Gasteiger partial charge in [0, 0.05) is 0 Å². The summed E-state index contributed by atoms with van der Waals surface area (Å²) >= 11 is 0. The summed E-state index contributed by atoms with van der Waals surface area (Å²) < 4.78 is 0. The van der Waals surface area contributed by atoms with Crippen molar-refractivity contribution in [2.75, 3.05) is 7.05 Å². The van der Waals surface area contributed by atoms with Crippen LogP contribution < -0.4 is 10.7 Å². The maximum atomic E-state index is 12.7. The van der Waals surface area contributed by atoms with E-state index in [9.17, 15) is 10.1 Å². The third-order valence-electron chi connectivity index (χ3n) is 5.18. The van der Waals surface area contributed by atoms with Gasteiger partial charge in [-0.3, -0.25) is 20.6 Å². The highest BCUT2D eigenvalue weighted by Crippen LogP contribution is 2.31. The minimum Gasteiger partial charge on any atom is -0.290 e. The number of hydrogen-bond donors (Lipinski definition) is 3. The lowest BCUT2D eigenvalue weighted by Gasteiger charge is -2.24. The van der Waals surface area contributed by atoms with E-state index in [0.717, 1.165) is 16.7 Å². The van der Waals surface area contributed by atoms with Crippen LogP contribution in [0.25, 0.3) is 11.1 Å². The van der Waals surface area contributed by atoms with Crippen molar-refractivity contribution >= 4 is 11.9 Å². The Kier molecular flexibility index (Phi) is 3.97. The van der Waals surface area contributed by atoms with Crippen LogP contribution in [0, 0.1) is 11.3 Å². The summed E-state index contributed by atoms with van der Waals surface area (Å²) in [5.74, 6) is 0.0318. The van der Waals surface area contributed by atoms with Gasteiger partial charge < -0.3 is 0 Å². The molecule has 138 valence electrons. The number of carbonyl (C=O) groups is 1. The number of hydrogen-bond acceptors (Lipinski definition) is 4. The van der Waals surface area contributed by atoms with Crippen LogP contribution >= 0.6 is 0 Å². The summed E-state index contributed by atoms with van der Waals surface area (Å²) in [7, 11) is 1.62. The first-order valence-corrected chi connectivity index (χ1v) is 8.77. The van der Waals surface area contributed by atoms with E-state index in [1.165, 1.54) is 11.1 Å². The molecule has 1 aliphatic rings.